The molecule has 0 saturated carbocycles. The number of piperidine rings is 3. The topological polar surface area (TPSA) is 25.4 Å². The summed E-state index contributed by atoms with van der Waals surface area (Å²) in [6, 6.07) is 11.1. The van der Waals surface area contributed by atoms with Crippen LogP contribution in [0.15, 0.2) is 42.6 Å². The molecule has 2 atom stereocenters. The van der Waals surface area contributed by atoms with Crippen LogP contribution in [0.5, 0.6) is 5.88 Å². The highest BCUT2D eigenvalue weighted by Gasteiger charge is 2.59. The Hall–Kier alpha value is -1.94. The van der Waals surface area contributed by atoms with E-state index in [-0.39, 0.29) is 17.3 Å². The van der Waals surface area contributed by atoms with Gasteiger partial charge in [0.2, 0.25) is 5.88 Å². The second-order valence-electron chi connectivity index (χ2n) is 6.96. The average molecular weight is 310 g/mol. The van der Waals surface area contributed by atoms with Gasteiger partial charge in [0.05, 0.1) is 5.92 Å². The molecule has 3 saturated heterocycles. The third-order valence-corrected chi connectivity index (χ3v) is 5.85. The Morgan fingerprint density at radius 3 is 2.61 bits per heavy atom. The van der Waals surface area contributed by atoms with Crippen molar-refractivity contribution in [1.29, 1.82) is 0 Å². The average Bonchev–Trinajstić information content (AvgIpc) is 2.89. The summed E-state index contributed by atoms with van der Waals surface area (Å²) in [5, 5.41) is 0. The number of aromatic nitrogens is 1. The highest BCUT2D eigenvalue weighted by Crippen LogP contribution is 2.55. The maximum atomic E-state index is 14.6. The number of nitrogens with zero attached hydrogens (tertiary/aromatic N) is 2. The van der Waals surface area contributed by atoms with Gasteiger partial charge >= 0.3 is 0 Å². The summed E-state index contributed by atoms with van der Waals surface area (Å²) in [4.78, 5) is 6.89. The van der Waals surface area contributed by atoms with Crippen molar-refractivity contribution in [3.05, 3.63) is 59.5 Å². The molecule has 3 nitrogen and oxygen atoms in total. The van der Waals surface area contributed by atoms with E-state index in [2.05, 4.69) is 9.88 Å². The quantitative estimate of drug-likeness (QED) is 0.809. The van der Waals surface area contributed by atoms with E-state index >= 15 is 0 Å². The summed E-state index contributed by atoms with van der Waals surface area (Å²) in [5.74, 6) is 0.940. The third kappa shape index (κ3) is 1.81. The maximum absolute atomic E-state index is 14.6. The Morgan fingerprint density at radius 1 is 1.09 bits per heavy atom. The Kier molecular flexibility index (Phi) is 2.80. The minimum atomic E-state index is -0.366. The molecular weight excluding hydrogens is 291 g/mol. The fraction of sp³-hybridized carbons (Fsp3) is 0.421. The molecule has 1 aromatic carbocycles. The fourth-order valence-electron chi connectivity index (χ4n) is 4.85. The molecule has 3 fully saturated rings. The first-order valence-corrected chi connectivity index (χ1v) is 8.39. The van der Waals surface area contributed by atoms with Crippen LogP contribution in [0.4, 0.5) is 4.39 Å². The first-order chi connectivity index (χ1) is 11.3. The van der Waals surface area contributed by atoms with Crippen molar-refractivity contribution in [2.75, 3.05) is 19.6 Å². The number of fused-ring (bicyclic) bond motifs is 3. The minimum Gasteiger partial charge on any atom is -0.468 e. The predicted octanol–water partition coefficient (Wildman–Crippen LogP) is 3.21. The minimum absolute atomic E-state index is 0.0690. The smallest absolute Gasteiger partial charge is 0.217 e. The molecule has 1 aromatic heterocycles. The lowest BCUT2D eigenvalue weighted by atomic mass is 9.66. The van der Waals surface area contributed by atoms with Crippen molar-refractivity contribution in [3.8, 4) is 5.88 Å². The Balaban J connectivity index is 1.71. The van der Waals surface area contributed by atoms with Gasteiger partial charge in [-0.2, -0.15) is 0 Å². The van der Waals surface area contributed by atoms with Crippen LogP contribution < -0.4 is 4.74 Å². The van der Waals surface area contributed by atoms with Crippen LogP contribution in [0.3, 0.4) is 0 Å². The zero-order valence-electron chi connectivity index (χ0n) is 12.9. The van der Waals surface area contributed by atoms with Crippen LogP contribution >= 0.6 is 0 Å². The largest absolute Gasteiger partial charge is 0.468 e. The lowest BCUT2D eigenvalue weighted by Gasteiger charge is -2.53. The molecule has 4 aliphatic rings. The molecule has 118 valence electrons. The van der Waals surface area contributed by atoms with Crippen LogP contribution in [0.2, 0.25) is 0 Å². The molecule has 4 aliphatic heterocycles. The Morgan fingerprint density at radius 2 is 1.87 bits per heavy atom. The SMILES string of the molecule is Fc1ccccc1C1c2cccnc2O[C@@]12CN1CCC2CC1. The monoisotopic (exact) mass is 310 g/mol. The summed E-state index contributed by atoms with van der Waals surface area (Å²) in [6.07, 6.45) is 4.01. The van der Waals surface area contributed by atoms with E-state index in [4.69, 9.17) is 4.74 Å². The summed E-state index contributed by atoms with van der Waals surface area (Å²) in [7, 11) is 0. The fourth-order valence-corrected chi connectivity index (χ4v) is 4.85. The number of hydrogen-bond acceptors (Lipinski definition) is 3. The van der Waals surface area contributed by atoms with Crippen molar-refractivity contribution in [2.45, 2.75) is 24.4 Å². The van der Waals surface area contributed by atoms with Gasteiger partial charge < -0.3 is 4.74 Å². The Bertz CT molecular complexity index is 757. The Labute approximate surface area is 135 Å². The highest BCUT2D eigenvalue weighted by molar-refractivity contribution is 5.47. The van der Waals surface area contributed by atoms with Gasteiger partial charge in [-0.3, -0.25) is 4.90 Å². The number of halogens is 1. The lowest BCUT2D eigenvalue weighted by molar-refractivity contribution is -0.0906. The molecule has 0 amide bonds. The van der Waals surface area contributed by atoms with Gasteiger partial charge in [0.1, 0.15) is 11.4 Å². The molecule has 0 aliphatic carbocycles. The molecule has 6 rings (SSSR count). The first kappa shape index (κ1) is 13.5. The highest BCUT2D eigenvalue weighted by atomic mass is 19.1. The zero-order valence-corrected chi connectivity index (χ0v) is 12.9. The number of rotatable bonds is 1. The van der Waals surface area contributed by atoms with E-state index in [1.807, 2.05) is 24.3 Å². The number of hydrogen-bond donors (Lipinski definition) is 0. The van der Waals surface area contributed by atoms with E-state index < -0.39 is 0 Å². The van der Waals surface area contributed by atoms with E-state index in [9.17, 15) is 4.39 Å². The van der Waals surface area contributed by atoms with E-state index in [1.165, 1.54) is 0 Å². The first-order valence-electron chi connectivity index (χ1n) is 8.39. The van der Waals surface area contributed by atoms with Crippen LogP contribution in [-0.4, -0.2) is 35.1 Å². The molecule has 1 unspecified atom stereocenters. The van der Waals surface area contributed by atoms with E-state index in [0.717, 1.165) is 43.6 Å². The summed E-state index contributed by atoms with van der Waals surface area (Å²) < 4.78 is 21.1. The maximum Gasteiger partial charge on any atom is 0.217 e. The van der Waals surface area contributed by atoms with Gasteiger partial charge in [-0.1, -0.05) is 24.3 Å². The zero-order chi connectivity index (χ0) is 15.4. The second-order valence-corrected chi connectivity index (χ2v) is 6.96. The van der Waals surface area contributed by atoms with Gasteiger partial charge in [0.25, 0.3) is 0 Å². The summed E-state index contributed by atoms with van der Waals surface area (Å²) in [6.45, 7) is 3.13. The number of pyridine rings is 1. The molecule has 5 heterocycles. The van der Waals surface area contributed by atoms with Crippen LogP contribution in [0.25, 0.3) is 0 Å². The molecule has 0 radical (unpaired) electrons. The molecule has 2 aromatic rings. The number of ether oxygens (including phenoxy) is 1. The molecule has 2 bridgehead atoms. The molecular formula is C19H19FN2O. The van der Waals surface area contributed by atoms with Crippen LogP contribution in [-0.2, 0) is 0 Å². The van der Waals surface area contributed by atoms with Crippen molar-refractivity contribution < 1.29 is 9.13 Å². The van der Waals surface area contributed by atoms with Crippen molar-refractivity contribution in [3.63, 3.8) is 0 Å². The molecule has 0 N–H and O–H groups in total. The van der Waals surface area contributed by atoms with Crippen molar-refractivity contribution >= 4 is 0 Å². The molecule has 1 spiro atoms. The number of benzene rings is 1. The van der Waals surface area contributed by atoms with Gasteiger partial charge in [0, 0.05) is 24.2 Å². The van der Waals surface area contributed by atoms with Crippen LogP contribution in [0.1, 0.15) is 29.9 Å². The normalized spacial score (nSPS) is 34.4. The van der Waals surface area contributed by atoms with Crippen LogP contribution in [0, 0.1) is 11.7 Å². The second kappa shape index (κ2) is 4.78. The van der Waals surface area contributed by atoms with Crippen molar-refractivity contribution in [2.24, 2.45) is 5.92 Å². The van der Waals surface area contributed by atoms with E-state index in [0.29, 0.717) is 11.8 Å². The standard InChI is InChI=1S/C19H19FN2O/c20-16-6-2-1-4-14(16)17-15-5-3-9-21-18(15)23-19(17)12-22-10-7-13(19)8-11-22/h1-6,9,13,17H,7-8,10-12H2/t17?,19-/m1/s1. The molecule has 4 heteroatoms. The van der Waals surface area contributed by atoms with Crippen molar-refractivity contribution in [1.82, 2.24) is 9.88 Å². The molecule has 23 heavy (non-hydrogen) atoms. The van der Waals surface area contributed by atoms with Gasteiger partial charge in [-0.05, 0) is 43.6 Å². The van der Waals surface area contributed by atoms with Gasteiger partial charge in [0.15, 0.2) is 0 Å². The van der Waals surface area contributed by atoms with Gasteiger partial charge in [-0.25, -0.2) is 9.37 Å². The lowest BCUT2D eigenvalue weighted by Crippen LogP contribution is -2.63. The van der Waals surface area contributed by atoms with Gasteiger partial charge in [-0.15, -0.1) is 0 Å². The summed E-state index contributed by atoms with van der Waals surface area (Å²) >= 11 is 0. The predicted molar refractivity (Wildman–Crippen MR) is 85.0 cm³/mol. The third-order valence-electron chi connectivity index (χ3n) is 5.85. The summed E-state index contributed by atoms with van der Waals surface area (Å²) in [5.41, 5.74) is 1.41. The van der Waals surface area contributed by atoms with E-state index in [1.54, 1.807) is 18.3 Å².